The summed E-state index contributed by atoms with van der Waals surface area (Å²) in [6.45, 7) is 6.24. The van der Waals surface area contributed by atoms with Gasteiger partial charge >= 0.3 is 0 Å². The number of piperidine rings is 1. The highest BCUT2D eigenvalue weighted by atomic mass is 16.5. The van der Waals surface area contributed by atoms with E-state index in [9.17, 15) is 4.79 Å². The molecule has 25 heavy (non-hydrogen) atoms. The lowest BCUT2D eigenvalue weighted by molar-refractivity contribution is -0.117. The van der Waals surface area contributed by atoms with E-state index in [-0.39, 0.29) is 17.4 Å². The van der Waals surface area contributed by atoms with Crippen molar-refractivity contribution in [2.75, 3.05) is 25.1 Å². The Morgan fingerprint density at radius 2 is 2.20 bits per heavy atom. The first-order valence-corrected chi connectivity index (χ1v) is 9.51. The molecule has 1 amide bonds. The van der Waals surface area contributed by atoms with E-state index in [0.717, 1.165) is 30.8 Å². The molecule has 4 unspecified atom stereocenters. The molecule has 2 bridgehead atoms. The van der Waals surface area contributed by atoms with Crippen LogP contribution in [0.2, 0.25) is 0 Å². The molecule has 1 saturated carbocycles. The highest BCUT2D eigenvalue weighted by molar-refractivity contribution is 5.98. The summed E-state index contributed by atoms with van der Waals surface area (Å²) < 4.78 is 5.69. The van der Waals surface area contributed by atoms with E-state index < -0.39 is 0 Å². The van der Waals surface area contributed by atoms with Gasteiger partial charge in [-0.2, -0.15) is 0 Å². The molecule has 132 valence electrons. The molecule has 0 radical (unpaired) electrons. The van der Waals surface area contributed by atoms with Crippen LogP contribution >= 0.6 is 0 Å². The smallest absolute Gasteiger partial charge is 0.224 e. The minimum Gasteiger partial charge on any atom is -0.495 e. The van der Waals surface area contributed by atoms with Crippen molar-refractivity contribution in [3.8, 4) is 5.75 Å². The van der Waals surface area contributed by atoms with Crippen LogP contribution in [0, 0.1) is 5.92 Å². The quantitative estimate of drug-likeness (QED) is 0.738. The number of anilines is 1. The second kappa shape index (κ2) is 5.10. The van der Waals surface area contributed by atoms with Gasteiger partial charge in [-0.3, -0.25) is 9.69 Å². The number of hydrogen-bond donors (Lipinski definition) is 0. The molecule has 3 aliphatic heterocycles. The number of para-hydroxylation sites is 1. The normalized spacial score (nSPS) is 37.2. The molecule has 1 aromatic carbocycles. The third-order valence-electron chi connectivity index (χ3n) is 7.27. The minimum atomic E-state index is 0.0360. The van der Waals surface area contributed by atoms with Crippen LogP contribution in [0.25, 0.3) is 0 Å². The molecule has 1 aromatic rings. The average molecular weight is 338 g/mol. The summed E-state index contributed by atoms with van der Waals surface area (Å²) in [5.74, 6) is 1.60. The van der Waals surface area contributed by atoms with Gasteiger partial charge in [-0.25, -0.2) is 0 Å². The zero-order valence-corrected chi connectivity index (χ0v) is 15.3. The van der Waals surface area contributed by atoms with Crippen LogP contribution in [0.15, 0.2) is 29.8 Å². The van der Waals surface area contributed by atoms with Crippen LogP contribution in [-0.2, 0) is 10.2 Å². The van der Waals surface area contributed by atoms with E-state index in [1.807, 2.05) is 6.07 Å². The van der Waals surface area contributed by atoms with Gasteiger partial charge in [-0.1, -0.05) is 23.8 Å². The fourth-order valence-corrected chi connectivity index (χ4v) is 6.50. The van der Waals surface area contributed by atoms with Crippen molar-refractivity contribution >= 4 is 11.6 Å². The zero-order chi connectivity index (χ0) is 17.3. The van der Waals surface area contributed by atoms with E-state index in [4.69, 9.17) is 4.74 Å². The summed E-state index contributed by atoms with van der Waals surface area (Å²) >= 11 is 0. The molecule has 5 rings (SSSR count). The number of methoxy groups -OCH3 is 1. The van der Waals surface area contributed by atoms with Gasteiger partial charge in [0.1, 0.15) is 5.75 Å². The number of hydrogen-bond acceptors (Lipinski definition) is 3. The lowest BCUT2D eigenvalue weighted by Gasteiger charge is -2.53. The second-order valence-corrected chi connectivity index (χ2v) is 8.00. The third kappa shape index (κ3) is 1.69. The van der Waals surface area contributed by atoms with Gasteiger partial charge in [-0.15, -0.1) is 0 Å². The number of ether oxygens (including phenoxy) is 1. The van der Waals surface area contributed by atoms with Gasteiger partial charge in [0.15, 0.2) is 0 Å². The van der Waals surface area contributed by atoms with Crippen LogP contribution in [0.5, 0.6) is 5.75 Å². The van der Waals surface area contributed by atoms with E-state index in [1.54, 1.807) is 19.6 Å². The molecule has 4 aliphatic rings. The molecule has 0 aromatic heterocycles. The summed E-state index contributed by atoms with van der Waals surface area (Å²) in [7, 11) is 1.71. The fourth-order valence-electron chi connectivity index (χ4n) is 6.50. The Morgan fingerprint density at radius 3 is 2.92 bits per heavy atom. The number of fused-ring (bicyclic) bond motifs is 2. The SMILES string of the molecule is C/C=C1/C2CCN3CCC4(c5cccc(OC)c5N(C(C)=O)C4C2)C13. The monoisotopic (exact) mass is 338 g/mol. The van der Waals surface area contributed by atoms with Crippen LogP contribution < -0.4 is 9.64 Å². The number of rotatable bonds is 1. The summed E-state index contributed by atoms with van der Waals surface area (Å²) in [6, 6.07) is 7.06. The van der Waals surface area contributed by atoms with Gasteiger partial charge in [0.2, 0.25) is 5.91 Å². The molecular formula is C21H26N2O2. The van der Waals surface area contributed by atoms with Gasteiger partial charge in [-0.05, 0) is 56.8 Å². The Balaban J connectivity index is 1.80. The van der Waals surface area contributed by atoms with Gasteiger partial charge in [0.25, 0.3) is 0 Å². The number of nitrogens with zero attached hydrogens (tertiary/aromatic N) is 2. The Bertz CT molecular complexity index is 786. The predicted molar refractivity (Wildman–Crippen MR) is 98.1 cm³/mol. The largest absolute Gasteiger partial charge is 0.495 e. The van der Waals surface area contributed by atoms with E-state index in [2.05, 4.69) is 34.9 Å². The van der Waals surface area contributed by atoms with Gasteiger partial charge in [0.05, 0.1) is 12.8 Å². The summed E-state index contributed by atoms with van der Waals surface area (Å²) in [5.41, 5.74) is 4.01. The van der Waals surface area contributed by atoms with E-state index in [0.29, 0.717) is 12.0 Å². The fraction of sp³-hybridized carbons (Fsp3) is 0.571. The molecule has 4 atom stereocenters. The van der Waals surface area contributed by atoms with Crippen molar-refractivity contribution in [1.82, 2.24) is 4.90 Å². The van der Waals surface area contributed by atoms with Crippen molar-refractivity contribution in [2.24, 2.45) is 5.92 Å². The number of benzene rings is 1. The Hall–Kier alpha value is -1.81. The van der Waals surface area contributed by atoms with E-state index >= 15 is 0 Å². The number of carbonyl (C=O) groups excluding carboxylic acids is 1. The Labute approximate surface area is 149 Å². The van der Waals surface area contributed by atoms with Crippen LogP contribution in [0.1, 0.15) is 38.7 Å². The number of carbonyl (C=O) groups is 1. The Kier molecular flexibility index (Phi) is 3.15. The minimum absolute atomic E-state index is 0.0360. The molecule has 0 N–H and O–H groups in total. The average Bonchev–Trinajstić information content (AvgIpc) is 3.16. The topological polar surface area (TPSA) is 32.8 Å². The maximum absolute atomic E-state index is 12.7. The maximum Gasteiger partial charge on any atom is 0.224 e. The molecule has 2 saturated heterocycles. The molecular weight excluding hydrogens is 312 g/mol. The first kappa shape index (κ1) is 15.4. The molecule has 3 fully saturated rings. The molecule has 1 spiro atoms. The zero-order valence-electron chi connectivity index (χ0n) is 15.3. The maximum atomic E-state index is 12.7. The van der Waals surface area contributed by atoms with Crippen molar-refractivity contribution in [2.45, 2.75) is 50.6 Å². The van der Waals surface area contributed by atoms with Crippen LogP contribution in [0.3, 0.4) is 0 Å². The lowest BCUT2D eigenvalue weighted by atomic mass is 9.58. The highest BCUT2D eigenvalue weighted by Crippen LogP contribution is 2.63. The summed E-state index contributed by atoms with van der Waals surface area (Å²) in [6.07, 6.45) is 5.81. The summed E-state index contributed by atoms with van der Waals surface area (Å²) in [5, 5.41) is 0. The third-order valence-corrected chi connectivity index (χ3v) is 7.27. The van der Waals surface area contributed by atoms with Crippen LogP contribution in [-0.4, -0.2) is 43.1 Å². The standard InChI is InChI=1S/C21H26N2O2/c1-4-15-14-8-10-22-11-9-21(20(15)22)16-6-5-7-17(25-3)19(16)23(13(2)24)18(21)12-14/h4-7,14,18,20H,8-12H2,1-3H3/b15-4-. The highest BCUT2D eigenvalue weighted by Gasteiger charge is 2.66. The molecule has 3 heterocycles. The number of allylic oxidation sites excluding steroid dienone is 1. The predicted octanol–water partition coefficient (Wildman–Crippen LogP) is 3.11. The van der Waals surface area contributed by atoms with Crippen molar-refractivity contribution in [3.63, 3.8) is 0 Å². The van der Waals surface area contributed by atoms with Crippen molar-refractivity contribution in [3.05, 3.63) is 35.4 Å². The van der Waals surface area contributed by atoms with Crippen LogP contribution in [0.4, 0.5) is 5.69 Å². The first-order valence-electron chi connectivity index (χ1n) is 9.51. The Morgan fingerprint density at radius 1 is 1.36 bits per heavy atom. The van der Waals surface area contributed by atoms with Crippen molar-refractivity contribution in [1.29, 1.82) is 0 Å². The number of amides is 1. The van der Waals surface area contributed by atoms with Gasteiger partial charge in [0, 0.05) is 24.4 Å². The van der Waals surface area contributed by atoms with Crippen molar-refractivity contribution < 1.29 is 9.53 Å². The van der Waals surface area contributed by atoms with E-state index in [1.165, 1.54) is 18.5 Å². The molecule has 4 nitrogen and oxygen atoms in total. The lowest BCUT2D eigenvalue weighted by Crippen LogP contribution is -2.61. The second-order valence-electron chi connectivity index (χ2n) is 8.00. The first-order chi connectivity index (χ1) is 12.1. The van der Waals surface area contributed by atoms with Gasteiger partial charge < -0.3 is 9.64 Å². The summed E-state index contributed by atoms with van der Waals surface area (Å²) in [4.78, 5) is 17.5. The molecule has 1 aliphatic carbocycles. The molecule has 4 heteroatoms.